The van der Waals surface area contributed by atoms with Crippen LogP contribution in [0.2, 0.25) is 0 Å². The number of alkyl halides is 3. The summed E-state index contributed by atoms with van der Waals surface area (Å²) >= 11 is 1.83. The zero-order valence-electron chi connectivity index (χ0n) is 8.33. The van der Waals surface area contributed by atoms with Gasteiger partial charge in [0.2, 0.25) is 5.89 Å². The standard InChI is InChI=1S/C8H10F3N3OS/c9-8(10,11)7-13-12-6(15-7)5-14-1-3-16-4-2-14/h1-5H2. The van der Waals surface area contributed by atoms with Crippen molar-refractivity contribution in [3.05, 3.63) is 11.8 Å². The molecule has 1 aliphatic heterocycles. The summed E-state index contributed by atoms with van der Waals surface area (Å²) < 4.78 is 41.1. The molecule has 8 heteroatoms. The fraction of sp³-hybridized carbons (Fsp3) is 0.750. The van der Waals surface area contributed by atoms with Gasteiger partial charge in [-0.25, -0.2) is 0 Å². The molecule has 0 N–H and O–H groups in total. The van der Waals surface area contributed by atoms with Crippen molar-refractivity contribution in [3.8, 4) is 0 Å². The van der Waals surface area contributed by atoms with E-state index in [1.165, 1.54) is 0 Å². The Kier molecular flexibility index (Phi) is 3.38. The largest absolute Gasteiger partial charge is 0.470 e. The van der Waals surface area contributed by atoms with Gasteiger partial charge in [-0.2, -0.15) is 24.9 Å². The number of thioether (sulfide) groups is 1. The number of halogens is 3. The molecule has 2 rings (SSSR count). The van der Waals surface area contributed by atoms with Crippen LogP contribution in [0.25, 0.3) is 0 Å². The van der Waals surface area contributed by atoms with Crippen molar-refractivity contribution in [2.45, 2.75) is 12.7 Å². The Morgan fingerprint density at radius 3 is 2.50 bits per heavy atom. The minimum atomic E-state index is -4.55. The van der Waals surface area contributed by atoms with E-state index < -0.39 is 12.1 Å². The van der Waals surface area contributed by atoms with Gasteiger partial charge >= 0.3 is 12.1 Å². The minimum absolute atomic E-state index is 0.0271. The molecule has 0 amide bonds. The molecule has 2 heterocycles. The van der Waals surface area contributed by atoms with Gasteiger partial charge in [-0.1, -0.05) is 0 Å². The first-order valence-electron chi connectivity index (χ1n) is 4.75. The molecule has 1 aromatic heterocycles. The van der Waals surface area contributed by atoms with Gasteiger partial charge < -0.3 is 4.42 Å². The van der Waals surface area contributed by atoms with Gasteiger partial charge in [0, 0.05) is 24.6 Å². The monoisotopic (exact) mass is 253 g/mol. The minimum Gasteiger partial charge on any atom is -0.416 e. The summed E-state index contributed by atoms with van der Waals surface area (Å²) in [5, 5.41) is 6.37. The van der Waals surface area contributed by atoms with E-state index in [0.717, 1.165) is 24.6 Å². The maximum Gasteiger partial charge on any atom is 0.470 e. The van der Waals surface area contributed by atoms with Gasteiger partial charge in [0.25, 0.3) is 0 Å². The van der Waals surface area contributed by atoms with Gasteiger partial charge in [0.1, 0.15) is 0 Å². The molecular weight excluding hydrogens is 243 g/mol. The van der Waals surface area contributed by atoms with Gasteiger partial charge in [-0.3, -0.25) is 4.90 Å². The van der Waals surface area contributed by atoms with Crippen LogP contribution in [0.4, 0.5) is 13.2 Å². The van der Waals surface area contributed by atoms with E-state index in [9.17, 15) is 13.2 Å². The summed E-state index contributed by atoms with van der Waals surface area (Å²) in [6, 6.07) is 0. The summed E-state index contributed by atoms with van der Waals surface area (Å²) in [4.78, 5) is 2.00. The summed E-state index contributed by atoms with van der Waals surface area (Å²) in [5.74, 6) is 0.730. The average Bonchev–Trinajstić information content (AvgIpc) is 2.67. The Morgan fingerprint density at radius 1 is 1.25 bits per heavy atom. The zero-order valence-corrected chi connectivity index (χ0v) is 9.14. The predicted octanol–water partition coefficient (Wildman–Crippen LogP) is 1.64. The molecule has 0 saturated carbocycles. The molecule has 16 heavy (non-hydrogen) atoms. The first kappa shape index (κ1) is 11.7. The second-order valence-electron chi connectivity index (χ2n) is 3.39. The van der Waals surface area contributed by atoms with E-state index >= 15 is 0 Å². The smallest absolute Gasteiger partial charge is 0.416 e. The van der Waals surface area contributed by atoms with E-state index in [-0.39, 0.29) is 5.89 Å². The maximum atomic E-state index is 12.2. The Bertz CT molecular complexity index is 349. The Balaban J connectivity index is 1.97. The van der Waals surface area contributed by atoms with Gasteiger partial charge in [-0.05, 0) is 0 Å². The fourth-order valence-corrected chi connectivity index (χ4v) is 2.36. The normalized spacial score (nSPS) is 18.9. The highest BCUT2D eigenvalue weighted by Crippen LogP contribution is 2.27. The van der Waals surface area contributed by atoms with E-state index in [1.807, 2.05) is 16.7 Å². The topological polar surface area (TPSA) is 42.2 Å². The molecule has 0 atom stereocenters. The van der Waals surface area contributed by atoms with Crippen molar-refractivity contribution in [2.75, 3.05) is 24.6 Å². The fourth-order valence-electron chi connectivity index (χ4n) is 1.38. The number of rotatable bonds is 2. The number of aromatic nitrogens is 2. The molecule has 0 aromatic carbocycles. The molecule has 1 saturated heterocycles. The van der Waals surface area contributed by atoms with Crippen LogP contribution in [0.15, 0.2) is 4.42 Å². The van der Waals surface area contributed by atoms with Crippen LogP contribution in [0.3, 0.4) is 0 Å². The predicted molar refractivity (Wildman–Crippen MR) is 51.9 cm³/mol. The van der Waals surface area contributed by atoms with Crippen LogP contribution in [0, 0.1) is 0 Å². The van der Waals surface area contributed by atoms with Gasteiger partial charge in [0.15, 0.2) is 0 Å². The van der Waals surface area contributed by atoms with Crippen molar-refractivity contribution >= 4 is 11.8 Å². The highest BCUT2D eigenvalue weighted by Gasteiger charge is 2.38. The summed E-state index contributed by atoms with van der Waals surface area (Å²) in [6.07, 6.45) is -4.55. The molecule has 0 radical (unpaired) electrons. The third-order valence-corrected chi connectivity index (χ3v) is 3.11. The average molecular weight is 253 g/mol. The first-order valence-corrected chi connectivity index (χ1v) is 5.91. The van der Waals surface area contributed by atoms with Crippen molar-refractivity contribution < 1.29 is 17.6 Å². The second kappa shape index (κ2) is 4.62. The number of hydrogen-bond donors (Lipinski definition) is 0. The molecule has 0 aliphatic carbocycles. The Labute approximate surface area is 94.2 Å². The highest BCUT2D eigenvalue weighted by molar-refractivity contribution is 7.99. The molecule has 0 spiro atoms. The van der Waals surface area contributed by atoms with Crippen molar-refractivity contribution in [3.63, 3.8) is 0 Å². The summed E-state index contributed by atoms with van der Waals surface area (Å²) in [7, 11) is 0. The summed E-state index contributed by atoms with van der Waals surface area (Å²) in [5.41, 5.74) is 0. The zero-order chi connectivity index (χ0) is 11.6. The lowest BCUT2D eigenvalue weighted by Crippen LogP contribution is -2.32. The van der Waals surface area contributed by atoms with Crippen LogP contribution >= 0.6 is 11.8 Å². The Hall–Kier alpha value is -0.760. The van der Waals surface area contributed by atoms with E-state index in [1.54, 1.807) is 0 Å². The van der Waals surface area contributed by atoms with Crippen molar-refractivity contribution in [2.24, 2.45) is 0 Å². The lowest BCUT2D eigenvalue weighted by molar-refractivity contribution is -0.157. The van der Waals surface area contributed by atoms with Crippen LogP contribution in [0.1, 0.15) is 11.8 Å². The lowest BCUT2D eigenvalue weighted by Gasteiger charge is -2.24. The second-order valence-corrected chi connectivity index (χ2v) is 4.61. The van der Waals surface area contributed by atoms with Crippen LogP contribution in [-0.4, -0.2) is 39.7 Å². The molecule has 90 valence electrons. The van der Waals surface area contributed by atoms with Crippen LogP contribution in [-0.2, 0) is 12.7 Å². The van der Waals surface area contributed by atoms with Crippen LogP contribution in [0.5, 0.6) is 0 Å². The molecule has 0 unspecified atom stereocenters. The number of hydrogen-bond acceptors (Lipinski definition) is 5. The molecule has 1 fully saturated rings. The van der Waals surface area contributed by atoms with Crippen molar-refractivity contribution in [1.82, 2.24) is 15.1 Å². The third-order valence-electron chi connectivity index (χ3n) is 2.17. The van der Waals surface area contributed by atoms with E-state index in [2.05, 4.69) is 14.6 Å². The van der Waals surface area contributed by atoms with E-state index in [4.69, 9.17) is 0 Å². The highest BCUT2D eigenvalue weighted by atomic mass is 32.2. The lowest BCUT2D eigenvalue weighted by atomic mass is 10.4. The Morgan fingerprint density at radius 2 is 1.94 bits per heavy atom. The molecular formula is C8H10F3N3OS. The quantitative estimate of drug-likeness (QED) is 0.801. The number of nitrogens with zero attached hydrogens (tertiary/aromatic N) is 3. The summed E-state index contributed by atoms with van der Waals surface area (Å²) in [6.45, 7) is 1.98. The third kappa shape index (κ3) is 2.88. The molecule has 4 nitrogen and oxygen atoms in total. The first-order chi connectivity index (χ1) is 7.55. The molecule has 1 aliphatic rings. The van der Waals surface area contributed by atoms with Gasteiger partial charge in [-0.15, -0.1) is 10.2 Å². The molecule has 1 aromatic rings. The molecule has 0 bridgehead atoms. The van der Waals surface area contributed by atoms with Crippen molar-refractivity contribution in [1.29, 1.82) is 0 Å². The van der Waals surface area contributed by atoms with Gasteiger partial charge in [0.05, 0.1) is 6.54 Å². The van der Waals surface area contributed by atoms with Crippen LogP contribution < -0.4 is 0 Å². The maximum absolute atomic E-state index is 12.2. The van der Waals surface area contributed by atoms with E-state index in [0.29, 0.717) is 6.54 Å². The SMILES string of the molecule is FC(F)(F)c1nnc(CN2CCSCC2)o1.